The lowest BCUT2D eigenvalue weighted by Crippen LogP contribution is -2.33. The maximum atomic E-state index is 12.9. The minimum atomic E-state index is -0.684. The third kappa shape index (κ3) is 3.39. The number of furan rings is 1. The fraction of sp³-hybridized carbons (Fsp3) is 0.316. The summed E-state index contributed by atoms with van der Waals surface area (Å²) in [6, 6.07) is 5.95. The molecule has 0 aromatic carbocycles. The van der Waals surface area contributed by atoms with Gasteiger partial charge in [0.05, 0.1) is 17.9 Å². The summed E-state index contributed by atoms with van der Waals surface area (Å²) in [5.74, 6) is -1.48. The minimum Gasteiger partial charge on any atom is -0.503 e. The Morgan fingerprint density at radius 2 is 2.15 bits per heavy atom. The Balaban J connectivity index is 1.97. The topological polar surface area (TPSA) is 86.9 Å². The molecule has 0 aliphatic carbocycles. The van der Waals surface area contributed by atoms with E-state index in [0.717, 1.165) is 6.54 Å². The van der Waals surface area contributed by atoms with E-state index in [-0.39, 0.29) is 11.3 Å². The largest absolute Gasteiger partial charge is 0.503 e. The van der Waals surface area contributed by atoms with E-state index in [1.165, 1.54) is 17.2 Å². The van der Waals surface area contributed by atoms with Gasteiger partial charge in [0, 0.05) is 18.9 Å². The van der Waals surface area contributed by atoms with Crippen LogP contribution in [0.15, 0.2) is 58.7 Å². The first-order valence-electron chi connectivity index (χ1n) is 8.37. The number of carbonyl (C=O) groups is 2. The van der Waals surface area contributed by atoms with Crippen LogP contribution in [0.1, 0.15) is 28.6 Å². The number of rotatable bonds is 7. The number of carbonyl (C=O) groups excluding carboxylic acids is 2. The van der Waals surface area contributed by atoms with Crippen molar-refractivity contribution in [3.63, 3.8) is 0 Å². The van der Waals surface area contributed by atoms with Crippen LogP contribution in [0.2, 0.25) is 0 Å². The minimum absolute atomic E-state index is 0.0304. The number of aliphatic hydroxyl groups is 1. The van der Waals surface area contributed by atoms with Crippen LogP contribution in [0.4, 0.5) is 0 Å². The fourth-order valence-corrected chi connectivity index (χ4v) is 3.10. The zero-order chi connectivity index (χ0) is 18.7. The second-order valence-electron chi connectivity index (χ2n) is 6.41. The average Bonchev–Trinajstić information content (AvgIpc) is 3.24. The number of amides is 1. The summed E-state index contributed by atoms with van der Waals surface area (Å²) in [6.07, 6.45) is 5.32. The molecule has 0 spiro atoms. The van der Waals surface area contributed by atoms with E-state index < -0.39 is 23.5 Å². The molecule has 0 saturated carbocycles. The van der Waals surface area contributed by atoms with Crippen molar-refractivity contribution in [2.24, 2.45) is 0 Å². The normalized spacial score (nSPS) is 17.4. The van der Waals surface area contributed by atoms with Crippen LogP contribution in [-0.4, -0.2) is 58.8 Å². The molecule has 0 saturated heterocycles. The summed E-state index contributed by atoms with van der Waals surface area (Å²) in [6.45, 7) is 1.20. The Hall–Kier alpha value is -2.93. The predicted molar refractivity (Wildman–Crippen MR) is 94.6 cm³/mol. The van der Waals surface area contributed by atoms with Crippen LogP contribution in [0, 0.1) is 0 Å². The highest BCUT2D eigenvalue weighted by atomic mass is 16.3. The number of pyridine rings is 1. The van der Waals surface area contributed by atoms with Crippen molar-refractivity contribution in [3.8, 4) is 0 Å². The fourth-order valence-electron chi connectivity index (χ4n) is 3.10. The van der Waals surface area contributed by atoms with Crippen molar-refractivity contribution in [2.45, 2.75) is 12.5 Å². The molecule has 3 heterocycles. The second-order valence-corrected chi connectivity index (χ2v) is 6.41. The van der Waals surface area contributed by atoms with E-state index in [1.807, 2.05) is 19.0 Å². The predicted octanol–water partition coefficient (Wildman–Crippen LogP) is 2.20. The number of hydrogen-bond donors (Lipinski definition) is 1. The lowest BCUT2D eigenvalue weighted by Gasteiger charge is -2.26. The molecule has 2 aromatic heterocycles. The van der Waals surface area contributed by atoms with E-state index in [4.69, 9.17) is 4.42 Å². The Kier molecular flexibility index (Phi) is 5.18. The Labute approximate surface area is 151 Å². The molecule has 0 bridgehead atoms. The van der Waals surface area contributed by atoms with Gasteiger partial charge in [-0.25, -0.2) is 0 Å². The van der Waals surface area contributed by atoms with Crippen LogP contribution < -0.4 is 0 Å². The maximum absolute atomic E-state index is 12.9. The zero-order valence-electron chi connectivity index (χ0n) is 14.8. The standard InChI is InChI=1S/C19H21N3O4/c1-21(2)9-5-10-22-16(13-6-3-8-20-12-13)15(18(24)19(22)25)17(23)14-7-4-11-26-14/h3-4,6-8,11-12,16,24H,5,9-10H2,1-2H3. The molecule has 26 heavy (non-hydrogen) atoms. The first-order valence-corrected chi connectivity index (χ1v) is 8.37. The summed E-state index contributed by atoms with van der Waals surface area (Å²) >= 11 is 0. The van der Waals surface area contributed by atoms with Gasteiger partial charge < -0.3 is 19.3 Å². The first kappa shape index (κ1) is 17.9. The highest BCUT2D eigenvalue weighted by molar-refractivity contribution is 6.14. The number of nitrogens with zero attached hydrogens (tertiary/aromatic N) is 3. The van der Waals surface area contributed by atoms with E-state index >= 15 is 0 Å². The highest BCUT2D eigenvalue weighted by Crippen LogP contribution is 2.38. The van der Waals surface area contributed by atoms with Gasteiger partial charge in [-0.2, -0.15) is 0 Å². The average molecular weight is 355 g/mol. The summed E-state index contributed by atoms with van der Waals surface area (Å²) in [7, 11) is 3.90. The SMILES string of the molecule is CN(C)CCCN1C(=O)C(O)=C(C(=O)c2ccco2)C1c1cccnc1. The summed E-state index contributed by atoms with van der Waals surface area (Å²) in [5, 5.41) is 10.4. The zero-order valence-corrected chi connectivity index (χ0v) is 14.8. The van der Waals surface area contributed by atoms with E-state index in [0.29, 0.717) is 18.5 Å². The van der Waals surface area contributed by atoms with Crippen LogP contribution in [-0.2, 0) is 4.79 Å². The van der Waals surface area contributed by atoms with Gasteiger partial charge in [0.25, 0.3) is 5.91 Å². The monoisotopic (exact) mass is 355 g/mol. The maximum Gasteiger partial charge on any atom is 0.290 e. The quantitative estimate of drug-likeness (QED) is 0.766. The summed E-state index contributed by atoms with van der Waals surface area (Å²) < 4.78 is 5.18. The second kappa shape index (κ2) is 7.53. The van der Waals surface area contributed by atoms with Gasteiger partial charge in [-0.05, 0) is 50.8 Å². The smallest absolute Gasteiger partial charge is 0.290 e. The molecule has 1 unspecified atom stereocenters. The van der Waals surface area contributed by atoms with Gasteiger partial charge in [-0.15, -0.1) is 0 Å². The summed E-state index contributed by atoms with van der Waals surface area (Å²) in [5.41, 5.74) is 0.701. The lowest BCUT2D eigenvalue weighted by atomic mass is 9.96. The van der Waals surface area contributed by atoms with E-state index in [1.54, 1.807) is 30.6 Å². The molecular formula is C19H21N3O4. The highest BCUT2D eigenvalue weighted by Gasteiger charge is 2.44. The summed E-state index contributed by atoms with van der Waals surface area (Å²) in [4.78, 5) is 33.1. The Morgan fingerprint density at radius 1 is 1.35 bits per heavy atom. The van der Waals surface area contributed by atoms with Crippen LogP contribution in [0.3, 0.4) is 0 Å². The van der Waals surface area contributed by atoms with Crippen molar-refractivity contribution in [2.75, 3.05) is 27.2 Å². The number of aliphatic hydroxyl groups excluding tert-OH is 1. The number of aromatic nitrogens is 1. The first-order chi connectivity index (χ1) is 12.5. The molecule has 7 heteroatoms. The molecule has 1 aliphatic heterocycles. The Morgan fingerprint density at radius 3 is 2.77 bits per heavy atom. The lowest BCUT2D eigenvalue weighted by molar-refractivity contribution is -0.129. The van der Waals surface area contributed by atoms with Gasteiger partial charge in [0.2, 0.25) is 5.78 Å². The van der Waals surface area contributed by atoms with Gasteiger partial charge in [0.1, 0.15) is 0 Å². The molecule has 0 fully saturated rings. The van der Waals surface area contributed by atoms with Gasteiger partial charge in [-0.3, -0.25) is 14.6 Å². The van der Waals surface area contributed by atoms with Crippen LogP contribution in [0.25, 0.3) is 0 Å². The number of hydrogen-bond acceptors (Lipinski definition) is 6. The van der Waals surface area contributed by atoms with Crippen molar-refractivity contribution >= 4 is 11.7 Å². The van der Waals surface area contributed by atoms with Gasteiger partial charge in [-0.1, -0.05) is 6.07 Å². The molecule has 1 amide bonds. The van der Waals surface area contributed by atoms with Crippen LogP contribution >= 0.6 is 0 Å². The van der Waals surface area contributed by atoms with E-state index in [2.05, 4.69) is 4.98 Å². The van der Waals surface area contributed by atoms with Crippen LogP contribution in [0.5, 0.6) is 0 Å². The Bertz CT molecular complexity index is 813. The van der Waals surface area contributed by atoms with Crippen molar-refractivity contribution < 1.29 is 19.1 Å². The van der Waals surface area contributed by atoms with Crippen molar-refractivity contribution in [3.05, 3.63) is 65.6 Å². The number of ketones is 1. The van der Waals surface area contributed by atoms with Crippen molar-refractivity contribution in [1.29, 1.82) is 0 Å². The molecule has 1 N–H and O–H groups in total. The van der Waals surface area contributed by atoms with Gasteiger partial charge >= 0.3 is 0 Å². The molecule has 1 aliphatic rings. The molecule has 1 atom stereocenters. The third-order valence-corrected chi connectivity index (χ3v) is 4.30. The molecule has 7 nitrogen and oxygen atoms in total. The van der Waals surface area contributed by atoms with Gasteiger partial charge in [0.15, 0.2) is 11.5 Å². The molecule has 136 valence electrons. The molecule has 3 rings (SSSR count). The molecule has 0 radical (unpaired) electrons. The number of Topliss-reactive ketones (excluding diaryl/α,β-unsaturated/α-hetero) is 1. The van der Waals surface area contributed by atoms with E-state index in [9.17, 15) is 14.7 Å². The molecule has 2 aromatic rings. The third-order valence-electron chi connectivity index (χ3n) is 4.30. The van der Waals surface area contributed by atoms with Crippen molar-refractivity contribution in [1.82, 2.24) is 14.8 Å². The molecular weight excluding hydrogens is 334 g/mol.